The monoisotopic (exact) mass is 1370 g/mol. The van der Waals surface area contributed by atoms with Crippen LogP contribution in [0.1, 0.15) is 0 Å². The van der Waals surface area contributed by atoms with Crippen LogP contribution >= 0.6 is 0 Å². The minimum atomic E-state index is 0.826. The fraction of sp³-hybridized carbons (Fsp3) is 0. The Labute approximate surface area is 613 Å². The molecule has 107 heavy (non-hydrogen) atoms. The standard InChI is InChI=1S/C33H19N3O.2C32H20N2O/c1-3-9-27-24(7-1)29-32(36-27)25-8-2-4-10-28(25)37-33(29)23-15-11-20(12-16-23)26-18-17-22-14-13-21-6-5-19-34-30(21)31(22)35-26;1-3-12-28-26(10-1)30-31(34-28)27-11-2-4-13-29(27)35-32(30)22-16-14-21(15-17-22)23-7-5-8-24(19-23)25-9-6-18-33-20-25;1-3-13-28-25(10-1)30-31(34-28)26-11-2-4-14-29(26)35-32(30)22-17-15-21(16-18-22)23-8-7-9-24(20-23)27-12-5-6-19-33-27/h1-19H;2*1-20H. The maximum atomic E-state index is 6.52. The lowest BCUT2D eigenvalue weighted by atomic mass is 9.96. The van der Waals surface area contributed by atoms with E-state index in [4.69, 9.17) is 33.2 Å². The molecule has 0 amide bonds. The SMILES string of the molecule is c1ccc(-c2cccc(-c3ccc(-c4oc5ccccc5c5nc6ccccc6c4-5)cc3)c2)nc1.c1cnc2c(c1)ccc1ccc(-c3ccc(-c4oc5ccccc5c5nc6ccccc6c4-5)cc3)nc12.c1cncc(-c2cccc(-c3ccc(-c4oc5ccccc5c5nc6ccccc6c4-5)cc3)c2)c1. The molecule has 0 saturated carbocycles. The molecule has 500 valence electrons. The second-order valence-corrected chi connectivity index (χ2v) is 26.6. The van der Waals surface area contributed by atoms with Crippen molar-refractivity contribution < 1.29 is 13.3 Å². The highest BCUT2D eigenvalue weighted by atomic mass is 16.3. The van der Waals surface area contributed by atoms with Crippen LogP contribution in [0, 0.1) is 0 Å². The summed E-state index contributed by atoms with van der Waals surface area (Å²) < 4.78 is 19.5. The van der Waals surface area contributed by atoms with Gasteiger partial charge in [0, 0.05) is 101 Å². The number of hydrogen-bond donors (Lipinski definition) is 0. The topological polar surface area (TPSA) is 130 Å². The van der Waals surface area contributed by atoms with Crippen molar-refractivity contribution in [3.05, 3.63) is 358 Å². The van der Waals surface area contributed by atoms with E-state index in [0.717, 1.165) is 205 Å². The first-order valence-corrected chi connectivity index (χ1v) is 35.6. The van der Waals surface area contributed by atoms with Gasteiger partial charge < -0.3 is 13.3 Å². The van der Waals surface area contributed by atoms with Crippen LogP contribution in [-0.4, -0.2) is 34.9 Å². The van der Waals surface area contributed by atoms with Gasteiger partial charge in [0.2, 0.25) is 0 Å². The molecular formula is C97H59N7O3. The van der Waals surface area contributed by atoms with Crippen molar-refractivity contribution in [1.82, 2.24) is 34.9 Å². The van der Waals surface area contributed by atoms with Crippen molar-refractivity contribution in [2.24, 2.45) is 0 Å². The van der Waals surface area contributed by atoms with Gasteiger partial charge in [0.15, 0.2) is 0 Å². The summed E-state index contributed by atoms with van der Waals surface area (Å²) in [6, 6.07) is 114. The highest BCUT2D eigenvalue weighted by Crippen LogP contribution is 2.48. The van der Waals surface area contributed by atoms with Gasteiger partial charge in [0.1, 0.15) is 34.0 Å². The van der Waals surface area contributed by atoms with Crippen LogP contribution in [0.2, 0.25) is 0 Å². The summed E-state index contributed by atoms with van der Waals surface area (Å²) in [5, 5.41) is 8.58. The lowest BCUT2D eigenvalue weighted by molar-refractivity contribution is 0.621. The van der Waals surface area contributed by atoms with Crippen LogP contribution < -0.4 is 0 Å². The lowest BCUT2D eigenvalue weighted by Crippen LogP contribution is -1.90. The van der Waals surface area contributed by atoms with Gasteiger partial charge in [-0.05, 0) is 125 Å². The predicted molar refractivity (Wildman–Crippen MR) is 434 cm³/mol. The molecule has 0 spiro atoms. The molecule has 6 aliphatic heterocycles. The van der Waals surface area contributed by atoms with Gasteiger partial charge in [-0.3, -0.25) is 15.0 Å². The van der Waals surface area contributed by atoms with E-state index < -0.39 is 0 Å². The van der Waals surface area contributed by atoms with Crippen LogP contribution in [-0.2, 0) is 0 Å². The number of nitrogens with zero attached hydrogens (tertiary/aromatic N) is 7. The normalized spacial score (nSPS) is 11.6. The van der Waals surface area contributed by atoms with E-state index in [1.54, 1.807) is 6.20 Å². The van der Waals surface area contributed by atoms with E-state index in [9.17, 15) is 0 Å². The van der Waals surface area contributed by atoms with Gasteiger partial charge in [0.05, 0.1) is 72.7 Å². The Kier molecular flexibility index (Phi) is 15.3. The Hall–Kier alpha value is -14.6. The van der Waals surface area contributed by atoms with E-state index in [2.05, 4.69) is 245 Å². The number of aromatic nitrogens is 7. The quantitative estimate of drug-likeness (QED) is 0.136. The second-order valence-electron chi connectivity index (χ2n) is 26.6. The van der Waals surface area contributed by atoms with E-state index in [1.807, 2.05) is 122 Å². The van der Waals surface area contributed by atoms with Crippen LogP contribution in [0.5, 0.6) is 0 Å². The van der Waals surface area contributed by atoms with E-state index in [1.165, 1.54) is 5.56 Å². The number of para-hydroxylation sites is 6. The molecule has 12 aromatic carbocycles. The Morgan fingerprint density at radius 1 is 0.215 bits per heavy atom. The highest BCUT2D eigenvalue weighted by Gasteiger charge is 2.27. The van der Waals surface area contributed by atoms with Gasteiger partial charge in [0.25, 0.3) is 0 Å². The first kappa shape index (κ1) is 62.2. The summed E-state index contributed by atoms with van der Waals surface area (Å²) in [5.74, 6) is 2.53. The van der Waals surface area contributed by atoms with Gasteiger partial charge in [-0.2, -0.15) is 0 Å². The number of fused-ring (bicyclic) bond motifs is 18. The Morgan fingerprint density at radius 2 is 0.598 bits per heavy atom. The first-order valence-electron chi connectivity index (χ1n) is 35.6. The molecule has 0 N–H and O–H groups in total. The fourth-order valence-corrected chi connectivity index (χ4v) is 15.0. The molecule has 4 aromatic heterocycles. The van der Waals surface area contributed by atoms with Crippen LogP contribution in [0.3, 0.4) is 0 Å². The largest absolute Gasteiger partial charge is 0.455 e. The van der Waals surface area contributed by atoms with Crippen molar-refractivity contribution in [2.45, 2.75) is 0 Å². The number of hydrogen-bond acceptors (Lipinski definition) is 10. The smallest absolute Gasteiger partial charge is 0.144 e. The summed E-state index contributed by atoms with van der Waals surface area (Å²) >= 11 is 0. The van der Waals surface area contributed by atoms with Gasteiger partial charge >= 0.3 is 0 Å². The Bertz CT molecular complexity index is 6720. The van der Waals surface area contributed by atoms with Crippen molar-refractivity contribution in [3.8, 4) is 124 Å². The van der Waals surface area contributed by atoms with Crippen molar-refractivity contribution in [2.75, 3.05) is 0 Å². The summed E-state index contributed by atoms with van der Waals surface area (Å²) in [5.41, 5.74) is 27.4. The molecule has 0 atom stereocenters. The van der Waals surface area contributed by atoms with E-state index in [0.29, 0.717) is 0 Å². The van der Waals surface area contributed by atoms with Crippen LogP contribution in [0.25, 0.3) is 211 Å². The molecule has 6 aliphatic rings. The Morgan fingerprint density at radius 3 is 1.07 bits per heavy atom. The zero-order valence-electron chi connectivity index (χ0n) is 57.4. The van der Waals surface area contributed by atoms with Gasteiger partial charge in [-0.25, -0.2) is 19.9 Å². The van der Waals surface area contributed by atoms with Crippen molar-refractivity contribution >= 4 is 87.4 Å². The Balaban J connectivity index is 0.000000106. The molecule has 10 heteroatoms. The van der Waals surface area contributed by atoms with Crippen LogP contribution in [0.4, 0.5) is 0 Å². The molecule has 10 nitrogen and oxygen atoms in total. The predicted octanol–water partition coefficient (Wildman–Crippen LogP) is 25.5. The molecule has 0 bridgehead atoms. The second kappa shape index (κ2) is 26.3. The van der Waals surface area contributed by atoms with Gasteiger partial charge in [-0.15, -0.1) is 0 Å². The minimum Gasteiger partial charge on any atom is -0.455 e. The minimum absolute atomic E-state index is 0.826. The van der Waals surface area contributed by atoms with Gasteiger partial charge in [-0.1, -0.05) is 237 Å². The fourth-order valence-electron chi connectivity index (χ4n) is 15.0. The first-order chi connectivity index (χ1) is 53.0. The maximum absolute atomic E-state index is 6.52. The summed E-state index contributed by atoms with van der Waals surface area (Å²) in [4.78, 5) is 33.3. The molecule has 0 radical (unpaired) electrons. The summed E-state index contributed by atoms with van der Waals surface area (Å²) in [7, 11) is 0. The molecule has 0 saturated heterocycles. The molecule has 0 fully saturated rings. The average molecular weight is 1370 g/mol. The molecule has 0 aliphatic carbocycles. The van der Waals surface area contributed by atoms with E-state index in [-0.39, 0.29) is 0 Å². The third kappa shape index (κ3) is 11.3. The molecule has 22 rings (SSSR count). The molecular weight excluding hydrogens is 1310 g/mol. The summed E-state index contributed by atoms with van der Waals surface area (Å²) in [6.07, 6.45) is 7.34. The number of benzene rings is 12. The van der Waals surface area contributed by atoms with Crippen molar-refractivity contribution in [1.29, 1.82) is 0 Å². The third-order valence-electron chi connectivity index (χ3n) is 20.2. The van der Waals surface area contributed by atoms with Crippen molar-refractivity contribution in [3.63, 3.8) is 0 Å². The van der Waals surface area contributed by atoms with Crippen LogP contribution in [0.15, 0.2) is 372 Å². The highest BCUT2D eigenvalue weighted by molar-refractivity contribution is 6.13. The molecule has 0 unspecified atom stereocenters. The third-order valence-corrected chi connectivity index (χ3v) is 20.2. The molecule has 10 heterocycles. The number of rotatable bonds is 8. The maximum Gasteiger partial charge on any atom is 0.144 e. The lowest BCUT2D eigenvalue weighted by Gasteiger charge is -2.12. The average Bonchev–Trinajstić information content (AvgIpc) is 1.63. The molecule has 16 aromatic rings. The number of pyridine rings is 4. The zero-order chi connectivity index (χ0) is 70.7. The summed E-state index contributed by atoms with van der Waals surface area (Å²) in [6.45, 7) is 0. The van der Waals surface area contributed by atoms with E-state index >= 15 is 0 Å². The zero-order valence-corrected chi connectivity index (χ0v) is 57.4.